The van der Waals surface area contributed by atoms with Gasteiger partial charge in [0.05, 0.1) is 0 Å². The molecule has 0 unspecified atom stereocenters. The van der Waals surface area contributed by atoms with E-state index < -0.39 is 0 Å². The Labute approximate surface area is 92.1 Å². The Morgan fingerprint density at radius 2 is 1.93 bits per heavy atom. The van der Waals surface area contributed by atoms with E-state index in [4.69, 9.17) is 5.73 Å². The molecule has 1 fully saturated rings. The van der Waals surface area contributed by atoms with Crippen molar-refractivity contribution in [2.45, 2.75) is 32.7 Å². The fraction of sp³-hybridized carbons (Fsp3) is 0.500. The molecule has 0 amide bonds. The van der Waals surface area contributed by atoms with Gasteiger partial charge in [0, 0.05) is 6.04 Å². The second kappa shape index (κ2) is 4.33. The average Bonchev–Trinajstić information content (AvgIpc) is 2.91. The Bertz CT molecular complexity index is 318. The highest BCUT2D eigenvalue weighted by Crippen LogP contribution is 2.40. The zero-order valence-electron chi connectivity index (χ0n) is 8.79. The summed E-state index contributed by atoms with van der Waals surface area (Å²) in [6.07, 6.45) is 2.63. The van der Waals surface area contributed by atoms with Crippen LogP contribution in [0.15, 0.2) is 18.2 Å². The zero-order valence-corrected chi connectivity index (χ0v) is 9.60. The molecule has 1 aromatic carbocycles. The standard InChI is InChI=1S/C12H17N.ClH/c1-8-4-3-5-11(9(8)2)12(13)10-6-7-10;/h3-5,10,12H,6-7,13H2,1-2H3;1H/t12-;/m0./s1. The average molecular weight is 212 g/mol. The summed E-state index contributed by atoms with van der Waals surface area (Å²) >= 11 is 0. The summed E-state index contributed by atoms with van der Waals surface area (Å²) in [4.78, 5) is 0. The first kappa shape index (κ1) is 11.5. The van der Waals surface area contributed by atoms with Gasteiger partial charge in [-0.3, -0.25) is 0 Å². The quantitative estimate of drug-likeness (QED) is 0.799. The maximum atomic E-state index is 6.17. The number of aryl methyl sites for hydroxylation is 1. The van der Waals surface area contributed by atoms with Crippen LogP contribution in [0.4, 0.5) is 0 Å². The Hall–Kier alpha value is -0.530. The van der Waals surface area contributed by atoms with Gasteiger partial charge in [0.2, 0.25) is 0 Å². The topological polar surface area (TPSA) is 26.0 Å². The summed E-state index contributed by atoms with van der Waals surface area (Å²) in [5.74, 6) is 0.750. The van der Waals surface area contributed by atoms with Gasteiger partial charge < -0.3 is 5.73 Å². The minimum absolute atomic E-state index is 0. The Morgan fingerprint density at radius 1 is 1.29 bits per heavy atom. The molecule has 78 valence electrons. The van der Waals surface area contributed by atoms with Crippen LogP contribution in [0.1, 0.15) is 35.6 Å². The predicted octanol–water partition coefficient (Wildman–Crippen LogP) is 3.14. The SMILES string of the molecule is Cc1cccc([C@@H](N)C2CC2)c1C.Cl. The maximum Gasteiger partial charge on any atom is 0.0326 e. The van der Waals surface area contributed by atoms with Gasteiger partial charge in [-0.25, -0.2) is 0 Å². The minimum atomic E-state index is 0. The van der Waals surface area contributed by atoms with Gasteiger partial charge in [0.15, 0.2) is 0 Å². The highest BCUT2D eigenvalue weighted by molar-refractivity contribution is 5.85. The molecule has 2 rings (SSSR count). The molecule has 0 saturated heterocycles. The molecule has 0 radical (unpaired) electrons. The van der Waals surface area contributed by atoms with Crippen molar-refractivity contribution in [1.82, 2.24) is 0 Å². The third-order valence-electron chi connectivity index (χ3n) is 3.14. The Morgan fingerprint density at radius 3 is 2.50 bits per heavy atom. The van der Waals surface area contributed by atoms with E-state index in [0.717, 1.165) is 5.92 Å². The maximum absolute atomic E-state index is 6.17. The number of halogens is 1. The van der Waals surface area contributed by atoms with E-state index in [0.29, 0.717) is 0 Å². The van der Waals surface area contributed by atoms with Gasteiger partial charge in [-0.1, -0.05) is 18.2 Å². The molecule has 1 nitrogen and oxygen atoms in total. The van der Waals surface area contributed by atoms with E-state index in [-0.39, 0.29) is 18.4 Å². The molecule has 14 heavy (non-hydrogen) atoms. The second-order valence-corrected chi connectivity index (χ2v) is 4.15. The molecule has 2 N–H and O–H groups in total. The zero-order chi connectivity index (χ0) is 9.42. The van der Waals surface area contributed by atoms with Crippen molar-refractivity contribution >= 4 is 12.4 Å². The van der Waals surface area contributed by atoms with Crippen molar-refractivity contribution < 1.29 is 0 Å². The molecule has 1 atom stereocenters. The van der Waals surface area contributed by atoms with Gasteiger partial charge in [0.25, 0.3) is 0 Å². The molecular formula is C12H18ClN. The van der Waals surface area contributed by atoms with Crippen LogP contribution in [-0.4, -0.2) is 0 Å². The molecule has 1 aliphatic rings. The third kappa shape index (κ3) is 2.10. The van der Waals surface area contributed by atoms with Crippen molar-refractivity contribution in [3.8, 4) is 0 Å². The lowest BCUT2D eigenvalue weighted by Gasteiger charge is -2.15. The van der Waals surface area contributed by atoms with E-state index >= 15 is 0 Å². The summed E-state index contributed by atoms with van der Waals surface area (Å²) in [5.41, 5.74) is 10.3. The van der Waals surface area contributed by atoms with Gasteiger partial charge >= 0.3 is 0 Å². The fourth-order valence-electron chi connectivity index (χ4n) is 1.84. The van der Waals surface area contributed by atoms with Crippen molar-refractivity contribution in [2.75, 3.05) is 0 Å². The van der Waals surface area contributed by atoms with Crippen LogP contribution in [0.3, 0.4) is 0 Å². The Kier molecular flexibility index (Phi) is 3.57. The molecule has 2 heteroatoms. The summed E-state index contributed by atoms with van der Waals surface area (Å²) < 4.78 is 0. The van der Waals surface area contributed by atoms with Crippen molar-refractivity contribution in [2.24, 2.45) is 11.7 Å². The van der Waals surface area contributed by atoms with Gasteiger partial charge in [-0.2, -0.15) is 0 Å². The first-order valence-electron chi connectivity index (χ1n) is 5.02. The van der Waals surface area contributed by atoms with Crippen LogP contribution >= 0.6 is 12.4 Å². The molecule has 0 spiro atoms. The molecule has 1 saturated carbocycles. The highest BCUT2D eigenvalue weighted by Gasteiger charge is 2.30. The lowest BCUT2D eigenvalue weighted by molar-refractivity contribution is 0.629. The van der Waals surface area contributed by atoms with Crippen molar-refractivity contribution in [3.05, 3.63) is 34.9 Å². The van der Waals surface area contributed by atoms with Crippen molar-refractivity contribution in [3.63, 3.8) is 0 Å². The monoisotopic (exact) mass is 211 g/mol. The number of benzene rings is 1. The largest absolute Gasteiger partial charge is 0.324 e. The second-order valence-electron chi connectivity index (χ2n) is 4.15. The van der Waals surface area contributed by atoms with E-state index in [1.165, 1.54) is 29.5 Å². The smallest absolute Gasteiger partial charge is 0.0326 e. The summed E-state index contributed by atoms with van der Waals surface area (Å²) in [7, 11) is 0. The van der Waals surface area contributed by atoms with Crippen LogP contribution in [-0.2, 0) is 0 Å². The molecule has 0 bridgehead atoms. The van der Waals surface area contributed by atoms with E-state index in [1.54, 1.807) is 0 Å². The predicted molar refractivity (Wildman–Crippen MR) is 62.8 cm³/mol. The van der Waals surface area contributed by atoms with E-state index in [9.17, 15) is 0 Å². The number of nitrogens with two attached hydrogens (primary N) is 1. The van der Waals surface area contributed by atoms with E-state index in [2.05, 4.69) is 32.0 Å². The summed E-state index contributed by atoms with van der Waals surface area (Å²) in [6, 6.07) is 6.71. The van der Waals surface area contributed by atoms with Crippen molar-refractivity contribution in [1.29, 1.82) is 0 Å². The summed E-state index contributed by atoms with van der Waals surface area (Å²) in [6.45, 7) is 4.32. The Balaban J connectivity index is 0.000000980. The minimum Gasteiger partial charge on any atom is -0.324 e. The van der Waals surface area contributed by atoms with Crippen LogP contribution in [0, 0.1) is 19.8 Å². The van der Waals surface area contributed by atoms with Crippen LogP contribution in [0.2, 0.25) is 0 Å². The lowest BCUT2D eigenvalue weighted by Crippen LogP contribution is -2.14. The fourth-order valence-corrected chi connectivity index (χ4v) is 1.84. The van der Waals surface area contributed by atoms with Crippen LogP contribution < -0.4 is 5.73 Å². The molecule has 1 aliphatic carbocycles. The molecule has 0 heterocycles. The van der Waals surface area contributed by atoms with Crippen LogP contribution in [0.5, 0.6) is 0 Å². The van der Waals surface area contributed by atoms with Gasteiger partial charge in [-0.05, 0) is 49.3 Å². The first-order valence-corrected chi connectivity index (χ1v) is 5.02. The van der Waals surface area contributed by atoms with E-state index in [1.807, 2.05) is 0 Å². The molecule has 0 aromatic heterocycles. The third-order valence-corrected chi connectivity index (χ3v) is 3.14. The lowest BCUT2D eigenvalue weighted by atomic mass is 9.95. The summed E-state index contributed by atoms with van der Waals surface area (Å²) in [5, 5.41) is 0. The van der Waals surface area contributed by atoms with Gasteiger partial charge in [0.1, 0.15) is 0 Å². The number of rotatable bonds is 2. The molecule has 1 aromatic rings. The van der Waals surface area contributed by atoms with Gasteiger partial charge in [-0.15, -0.1) is 12.4 Å². The normalized spacial score (nSPS) is 17.4. The molecular weight excluding hydrogens is 194 g/mol. The van der Waals surface area contributed by atoms with Crippen LogP contribution in [0.25, 0.3) is 0 Å². The molecule has 0 aliphatic heterocycles. The highest BCUT2D eigenvalue weighted by atomic mass is 35.5. The number of hydrogen-bond donors (Lipinski definition) is 1. The number of hydrogen-bond acceptors (Lipinski definition) is 1. The first-order chi connectivity index (χ1) is 6.20.